The molecule has 0 aliphatic carbocycles. The molecule has 0 aromatic heterocycles. The molecule has 1 N–H and O–H groups in total. The largest absolute Gasteiger partial charge is 0.351 e. The second-order valence-electron chi connectivity index (χ2n) is 6.06. The number of amidine groups is 1. The Morgan fingerprint density at radius 1 is 1.38 bits per heavy atom. The van der Waals surface area contributed by atoms with Gasteiger partial charge in [0.2, 0.25) is 5.91 Å². The Morgan fingerprint density at radius 2 is 2.12 bits per heavy atom. The topological polar surface area (TPSA) is 105 Å². The van der Waals surface area contributed by atoms with E-state index in [0.29, 0.717) is 5.17 Å². The molecule has 3 rings (SSSR count). The van der Waals surface area contributed by atoms with Crippen LogP contribution in [0, 0.1) is 10.1 Å². The van der Waals surface area contributed by atoms with Gasteiger partial charge in [-0.3, -0.25) is 19.7 Å². The number of piperidine rings is 1. The number of nitrogens with zero attached hydrogens (tertiary/aromatic N) is 3. The van der Waals surface area contributed by atoms with E-state index in [1.807, 2.05) is 0 Å². The van der Waals surface area contributed by atoms with Crippen molar-refractivity contribution in [3.8, 4) is 0 Å². The summed E-state index contributed by atoms with van der Waals surface area (Å²) in [5.41, 5.74) is -0.0229. The van der Waals surface area contributed by atoms with Crippen LogP contribution in [0.25, 0.3) is 0 Å². The van der Waals surface area contributed by atoms with E-state index in [4.69, 9.17) is 11.6 Å². The molecular weight excluding hydrogens is 380 g/mol. The summed E-state index contributed by atoms with van der Waals surface area (Å²) < 4.78 is 0. The lowest BCUT2D eigenvalue weighted by molar-refractivity contribution is -0.384. The Morgan fingerprint density at radius 3 is 2.81 bits per heavy atom. The number of aliphatic imine (C=N–C) groups is 1. The highest BCUT2D eigenvalue weighted by molar-refractivity contribution is 8.15. The second kappa shape index (κ2) is 8.05. The number of hydrogen-bond donors (Lipinski definition) is 1. The molecule has 2 aliphatic rings. The number of thioether (sulfide) groups is 1. The lowest BCUT2D eigenvalue weighted by Crippen LogP contribution is -2.33. The quantitative estimate of drug-likeness (QED) is 0.619. The number of nitro benzene ring substituents is 1. The van der Waals surface area contributed by atoms with Crippen LogP contribution in [0.5, 0.6) is 0 Å². The molecule has 0 spiro atoms. The maximum atomic E-state index is 12.3. The summed E-state index contributed by atoms with van der Waals surface area (Å²) in [6, 6.07) is 3.80. The predicted octanol–water partition coefficient (Wildman–Crippen LogP) is 3.06. The van der Waals surface area contributed by atoms with Gasteiger partial charge in [0.25, 0.3) is 11.6 Å². The van der Waals surface area contributed by atoms with Crippen molar-refractivity contribution < 1.29 is 14.5 Å². The molecule has 10 heteroatoms. The van der Waals surface area contributed by atoms with E-state index in [9.17, 15) is 19.7 Å². The summed E-state index contributed by atoms with van der Waals surface area (Å²) in [5, 5.41) is 13.7. The zero-order chi connectivity index (χ0) is 18.7. The normalized spacial score (nSPS) is 20.0. The number of likely N-dealkylation sites (tertiary alicyclic amines) is 1. The number of anilines is 1. The lowest BCUT2D eigenvalue weighted by atomic mass is 10.1. The Bertz CT molecular complexity index is 780. The van der Waals surface area contributed by atoms with Gasteiger partial charge in [-0.25, -0.2) is 0 Å². The van der Waals surface area contributed by atoms with Crippen molar-refractivity contribution in [2.24, 2.45) is 4.99 Å². The number of benzene rings is 1. The van der Waals surface area contributed by atoms with Crippen molar-refractivity contribution in [2.45, 2.75) is 30.9 Å². The van der Waals surface area contributed by atoms with E-state index in [1.165, 1.54) is 36.4 Å². The van der Waals surface area contributed by atoms with Gasteiger partial charge in [0.15, 0.2) is 5.17 Å². The van der Waals surface area contributed by atoms with Crippen molar-refractivity contribution in [1.29, 1.82) is 0 Å². The molecule has 0 bridgehead atoms. The van der Waals surface area contributed by atoms with Crippen LogP contribution in [-0.2, 0) is 9.59 Å². The van der Waals surface area contributed by atoms with Gasteiger partial charge in [-0.1, -0.05) is 23.4 Å². The molecule has 1 unspecified atom stereocenters. The highest BCUT2D eigenvalue weighted by Crippen LogP contribution is 2.30. The molecule has 1 aromatic rings. The van der Waals surface area contributed by atoms with E-state index < -0.39 is 16.1 Å². The van der Waals surface area contributed by atoms with Crippen molar-refractivity contribution in [1.82, 2.24) is 4.90 Å². The summed E-state index contributed by atoms with van der Waals surface area (Å²) >= 11 is 7.28. The first-order valence-corrected chi connectivity index (χ1v) is 9.48. The zero-order valence-electron chi connectivity index (χ0n) is 13.8. The fourth-order valence-corrected chi connectivity index (χ4v) is 4.10. The average molecular weight is 397 g/mol. The summed E-state index contributed by atoms with van der Waals surface area (Å²) in [6.07, 6.45) is 3.26. The summed E-state index contributed by atoms with van der Waals surface area (Å²) in [7, 11) is 0. The van der Waals surface area contributed by atoms with E-state index in [1.54, 1.807) is 0 Å². The van der Waals surface area contributed by atoms with Gasteiger partial charge in [0.05, 0.1) is 15.6 Å². The minimum Gasteiger partial charge on any atom is -0.351 e. The maximum Gasteiger partial charge on any atom is 0.271 e. The Hall–Kier alpha value is -2.13. The van der Waals surface area contributed by atoms with E-state index in [0.717, 1.165) is 25.9 Å². The van der Waals surface area contributed by atoms with Crippen molar-refractivity contribution >= 4 is 51.7 Å². The number of nitro groups is 1. The highest BCUT2D eigenvalue weighted by Gasteiger charge is 2.33. The number of hydrogen-bond acceptors (Lipinski definition) is 6. The lowest BCUT2D eigenvalue weighted by Gasteiger charge is -2.27. The Labute approximate surface area is 159 Å². The molecule has 1 atom stereocenters. The molecular formula is C16H17ClN4O4S. The van der Waals surface area contributed by atoms with Crippen LogP contribution >= 0.6 is 23.4 Å². The SMILES string of the molecule is O=C(CC1SC(N2CCCCC2)=NC1=O)Nc1cc([N+](=O)[O-])ccc1Cl. The highest BCUT2D eigenvalue weighted by atomic mass is 35.5. The third-order valence-electron chi connectivity index (χ3n) is 4.16. The Kier molecular flexibility index (Phi) is 5.77. The Balaban J connectivity index is 1.60. The molecule has 2 heterocycles. The molecule has 1 fully saturated rings. The number of halogens is 1. The molecule has 0 radical (unpaired) electrons. The van der Waals surface area contributed by atoms with Crippen LogP contribution in [-0.4, -0.2) is 45.1 Å². The zero-order valence-corrected chi connectivity index (χ0v) is 15.4. The molecule has 26 heavy (non-hydrogen) atoms. The molecule has 0 saturated carbocycles. The van der Waals surface area contributed by atoms with E-state index in [-0.39, 0.29) is 28.7 Å². The smallest absolute Gasteiger partial charge is 0.271 e. The fraction of sp³-hybridized carbons (Fsp3) is 0.438. The molecule has 138 valence electrons. The van der Waals surface area contributed by atoms with Gasteiger partial charge in [-0.15, -0.1) is 0 Å². The first-order chi connectivity index (χ1) is 12.4. The van der Waals surface area contributed by atoms with Crippen molar-refractivity contribution in [3.63, 3.8) is 0 Å². The predicted molar refractivity (Wildman–Crippen MR) is 101 cm³/mol. The van der Waals surface area contributed by atoms with E-state index in [2.05, 4.69) is 15.2 Å². The van der Waals surface area contributed by atoms with Crippen molar-refractivity contribution in [2.75, 3.05) is 18.4 Å². The van der Waals surface area contributed by atoms with Gasteiger partial charge >= 0.3 is 0 Å². The molecule has 2 amide bonds. The van der Waals surface area contributed by atoms with Crippen molar-refractivity contribution in [3.05, 3.63) is 33.3 Å². The molecule has 1 aromatic carbocycles. The van der Waals surface area contributed by atoms with Crippen LogP contribution in [0.3, 0.4) is 0 Å². The number of non-ortho nitro benzene ring substituents is 1. The summed E-state index contributed by atoms with van der Waals surface area (Å²) in [5.74, 6) is -0.760. The standard InChI is InChI=1S/C16H17ClN4O4S/c17-11-5-4-10(21(24)25)8-12(11)18-14(22)9-13-15(23)19-16(26-13)20-6-2-1-3-7-20/h4-5,8,13H,1-3,6-7,9H2,(H,18,22). The third-order valence-corrected chi connectivity index (χ3v) is 5.70. The molecule has 1 saturated heterocycles. The van der Waals surface area contributed by atoms with Gasteiger partial charge in [0.1, 0.15) is 5.25 Å². The third kappa shape index (κ3) is 4.34. The van der Waals surface area contributed by atoms with Gasteiger partial charge < -0.3 is 10.2 Å². The van der Waals surface area contributed by atoms with Crippen LogP contribution < -0.4 is 5.32 Å². The summed E-state index contributed by atoms with van der Waals surface area (Å²) in [6.45, 7) is 1.75. The average Bonchev–Trinajstić information content (AvgIpc) is 2.98. The first kappa shape index (κ1) is 18.7. The van der Waals surface area contributed by atoms with Gasteiger partial charge in [-0.05, 0) is 25.3 Å². The minimum atomic E-state index is -0.579. The number of amides is 2. The minimum absolute atomic E-state index is 0.0661. The number of carbonyl (C=O) groups excluding carboxylic acids is 2. The maximum absolute atomic E-state index is 12.3. The van der Waals surface area contributed by atoms with Gasteiger partial charge in [0, 0.05) is 31.6 Å². The molecule has 2 aliphatic heterocycles. The van der Waals surface area contributed by atoms with Crippen LogP contribution in [0.15, 0.2) is 23.2 Å². The monoisotopic (exact) mass is 396 g/mol. The second-order valence-corrected chi connectivity index (χ2v) is 7.64. The summed E-state index contributed by atoms with van der Waals surface area (Å²) in [4.78, 5) is 40.8. The van der Waals surface area contributed by atoms with E-state index >= 15 is 0 Å². The number of nitrogens with one attached hydrogen (secondary N) is 1. The van der Waals surface area contributed by atoms with Crippen LogP contribution in [0.1, 0.15) is 25.7 Å². The fourth-order valence-electron chi connectivity index (χ4n) is 2.82. The number of carbonyl (C=O) groups is 2. The van der Waals surface area contributed by atoms with Crippen LogP contribution in [0.4, 0.5) is 11.4 Å². The van der Waals surface area contributed by atoms with Crippen LogP contribution in [0.2, 0.25) is 5.02 Å². The molecule has 8 nitrogen and oxygen atoms in total. The first-order valence-electron chi connectivity index (χ1n) is 8.22. The number of rotatable bonds is 4. The van der Waals surface area contributed by atoms with Gasteiger partial charge in [-0.2, -0.15) is 4.99 Å².